The van der Waals surface area contributed by atoms with Crippen LogP contribution in [0.25, 0.3) is 0 Å². The van der Waals surface area contributed by atoms with Crippen LogP contribution in [0.2, 0.25) is 0 Å². The van der Waals surface area contributed by atoms with E-state index in [2.05, 4.69) is 0 Å². The van der Waals surface area contributed by atoms with Crippen molar-refractivity contribution in [2.24, 2.45) is 0 Å². The Morgan fingerprint density at radius 3 is 0.750 bits per heavy atom. The van der Waals surface area contributed by atoms with E-state index in [0.717, 1.165) is 0 Å². The Bertz CT molecular complexity index is 6.00. The van der Waals surface area contributed by atoms with Gasteiger partial charge in [0.15, 0.2) is 0 Å². The molecule has 0 bridgehead atoms. The summed E-state index contributed by atoms with van der Waals surface area (Å²) in [6, 6.07) is 0. The summed E-state index contributed by atoms with van der Waals surface area (Å²) in [6.45, 7) is 0. The molecule has 4 heteroatoms. The fourth-order valence-electron chi connectivity index (χ4n) is 0. The van der Waals surface area contributed by atoms with Crippen molar-refractivity contribution in [2.75, 3.05) is 0 Å². The first-order valence-corrected chi connectivity index (χ1v) is 0. The number of hydrogen-bond acceptors (Lipinski definition) is 0. The molecule has 0 spiro atoms. The van der Waals surface area contributed by atoms with Crippen LogP contribution in [0.15, 0.2) is 0 Å². The Morgan fingerprint density at radius 1 is 0.750 bits per heavy atom. The van der Waals surface area contributed by atoms with Crippen molar-refractivity contribution in [1.82, 2.24) is 0 Å². The molecule has 0 aliphatic heterocycles. The summed E-state index contributed by atoms with van der Waals surface area (Å²) in [5, 5.41) is 0. The van der Waals surface area contributed by atoms with Gasteiger partial charge in [0, 0.05) is 0 Å². The van der Waals surface area contributed by atoms with Crippen molar-refractivity contribution in [1.29, 1.82) is 0 Å². The van der Waals surface area contributed by atoms with Crippen molar-refractivity contribution < 1.29 is 11.0 Å². The molecule has 0 amide bonds. The third kappa shape index (κ3) is 8.82. The molecule has 4 heavy (non-hydrogen) atoms. The summed E-state index contributed by atoms with van der Waals surface area (Å²) in [5.74, 6) is 0. The normalized spacial score (nSPS) is 0. The molecular weight excluding hydrogens is 192 g/mol. The van der Waals surface area contributed by atoms with Gasteiger partial charge in [-0.2, -0.15) is 0 Å². The maximum absolute atomic E-state index is 0. The van der Waals surface area contributed by atoms with Crippen LogP contribution in [0.1, 0.15) is 0 Å². The molecule has 0 saturated heterocycles. The minimum absolute atomic E-state index is 0. The first kappa shape index (κ1) is 31.5. The third-order valence-electron chi connectivity index (χ3n) is 0. The molecule has 0 atom stereocenters. The predicted octanol–water partition coefficient (Wildman–Crippen LogP) is -3.21. The van der Waals surface area contributed by atoms with E-state index in [1.807, 2.05) is 0 Å². The minimum atomic E-state index is 0. The monoisotopic (exact) mass is 200 g/mol. The molecule has 0 aromatic heterocycles. The van der Waals surface area contributed by atoms with Crippen molar-refractivity contribution in [2.45, 2.75) is 0 Å². The molecule has 2 nitrogen and oxygen atoms in total. The molecular formula is H7BaNaO2. The summed E-state index contributed by atoms with van der Waals surface area (Å²) in [6.07, 6.45) is 0. The van der Waals surface area contributed by atoms with Crippen LogP contribution in [0.3, 0.4) is 0 Å². The Balaban J connectivity index is 0. The zero-order valence-corrected chi connectivity index (χ0v) is 1.00. The van der Waals surface area contributed by atoms with Gasteiger partial charge in [-0.15, -0.1) is 0 Å². The molecule has 0 aliphatic carbocycles. The molecule has 0 rings (SSSR count). The molecule has 0 saturated carbocycles. The molecule has 4 N–H and O–H groups in total. The quantitative estimate of drug-likeness (QED) is 0.369. The van der Waals surface area contributed by atoms with E-state index >= 15 is 0 Å². The van der Waals surface area contributed by atoms with Gasteiger partial charge in [-0.25, -0.2) is 0 Å². The van der Waals surface area contributed by atoms with Crippen LogP contribution >= 0.6 is 0 Å². The van der Waals surface area contributed by atoms with Crippen LogP contribution in [0, 0.1) is 0 Å². The van der Waals surface area contributed by atoms with Crippen LogP contribution < -0.4 is 0 Å². The zero-order chi connectivity index (χ0) is 0. The Kier molecular flexibility index (Phi) is 141. The molecule has 22 valence electrons. The van der Waals surface area contributed by atoms with Gasteiger partial charge < -0.3 is 11.0 Å². The summed E-state index contributed by atoms with van der Waals surface area (Å²) in [4.78, 5) is 0. The van der Waals surface area contributed by atoms with Gasteiger partial charge in [0.2, 0.25) is 0 Å². The van der Waals surface area contributed by atoms with Crippen molar-refractivity contribution in [3.8, 4) is 0 Å². The fourth-order valence-corrected chi connectivity index (χ4v) is 0. The zero-order valence-electron chi connectivity index (χ0n) is 1.00. The van der Waals surface area contributed by atoms with E-state index in [-0.39, 0.29) is 89.4 Å². The van der Waals surface area contributed by atoms with Crippen LogP contribution in [-0.2, 0) is 0 Å². The summed E-state index contributed by atoms with van der Waals surface area (Å²) < 4.78 is 0. The number of hydrogen-bond donors (Lipinski definition) is 0. The number of rotatable bonds is 0. The van der Waals surface area contributed by atoms with Crippen LogP contribution in [0.4, 0.5) is 0 Å². The predicted molar refractivity (Wildman–Crippen MR) is 22.9 cm³/mol. The molecule has 0 aliphatic rings. The Morgan fingerprint density at radius 2 is 0.750 bits per heavy atom. The van der Waals surface area contributed by atoms with Crippen molar-refractivity contribution in [3.05, 3.63) is 0 Å². The first-order valence-electron chi connectivity index (χ1n) is 0. The second kappa shape index (κ2) is 17.8. The van der Waals surface area contributed by atoms with Crippen LogP contribution in [0.5, 0.6) is 0 Å². The topological polar surface area (TPSA) is 63.0 Å². The third-order valence-corrected chi connectivity index (χ3v) is 0. The SMILES string of the molecule is O.O.[BaH2].[NaH]. The molecule has 0 radical (unpaired) electrons. The molecule has 0 aromatic rings. The summed E-state index contributed by atoms with van der Waals surface area (Å²) in [7, 11) is 0. The van der Waals surface area contributed by atoms with Gasteiger partial charge >= 0.3 is 78.4 Å². The van der Waals surface area contributed by atoms with Crippen molar-refractivity contribution in [3.63, 3.8) is 0 Å². The van der Waals surface area contributed by atoms with Gasteiger partial charge in [0.05, 0.1) is 0 Å². The fraction of sp³-hybridized carbons (Fsp3) is 0. The summed E-state index contributed by atoms with van der Waals surface area (Å²) >= 11 is 0. The second-order valence-corrected chi connectivity index (χ2v) is 0. The Hall–Kier alpha value is 2.49. The van der Waals surface area contributed by atoms with Gasteiger partial charge in [0.1, 0.15) is 0 Å². The van der Waals surface area contributed by atoms with Gasteiger partial charge in [-0.3, -0.25) is 0 Å². The molecule has 0 fully saturated rings. The first-order chi connectivity index (χ1) is 0. The van der Waals surface area contributed by atoms with Gasteiger partial charge in [-0.05, 0) is 0 Å². The maximum atomic E-state index is 0. The van der Waals surface area contributed by atoms with E-state index in [1.54, 1.807) is 0 Å². The van der Waals surface area contributed by atoms with Crippen molar-refractivity contribution >= 4 is 78.4 Å². The molecule has 0 heterocycles. The molecule has 0 unspecified atom stereocenters. The van der Waals surface area contributed by atoms with E-state index in [0.29, 0.717) is 0 Å². The molecule has 0 aromatic carbocycles. The average Bonchev–Trinajstić information content (AvgIpc) is 0. The van der Waals surface area contributed by atoms with Gasteiger partial charge in [0.25, 0.3) is 0 Å². The van der Waals surface area contributed by atoms with Gasteiger partial charge in [-0.1, -0.05) is 0 Å². The van der Waals surface area contributed by atoms with E-state index in [4.69, 9.17) is 0 Å². The summed E-state index contributed by atoms with van der Waals surface area (Å²) in [5.41, 5.74) is 0. The van der Waals surface area contributed by atoms with E-state index < -0.39 is 0 Å². The Labute approximate surface area is 87.3 Å². The second-order valence-electron chi connectivity index (χ2n) is 0. The van der Waals surface area contributed by atoms with E-state index in [1.165, 1.54) is 0 Å². The van der Waals surface area contributed by atoms with E-state index in [9.17, 15) is 0 Å². The average molecular weight is 199 g/mol. The van der Waals surface area contributed by atoms with Crippen LogP contribution in [-0.4, -0.2) is 89.4 Å². The standard InChI is InChI=1S/Ba.Na.2H2O.3H/h;;2*1H2;;;.